The second-order valence-electron chi connectivity index (χ2n) is 5.53. The van der Waals surface area contributed by atoms with Gasteiger partial charge >= 0.3 is 0 Å². The molecule has 4 rings (SSSR count). The third kappa shape index (κ3) is 3.29. The van der Waals surface area contributed by atoms with Gasteiger partial charge in [0.1, 0.15) is 11.3 Å². The zero-order valence-corrected chi connectivity index (χ0v) is 14.2. The number of imidazole rings is 2. The number of pyridine rings is 1. The Kier molecular flexibility index (Phi) is 4.26. The largest absolute Gasteiger partial charge is 0.352 e. The van der Waals surface area contributed by atoms with Crippen molar-refractivity contribution in [1.82, 2.24) is 29.8 Å². The smallest absolute Gasteiger partial charge is 0.253 e. The van der Waals surface area contributed by atoms with Crippen LogP contribution in [-0.2, 0) is 6.54 Å². The summed E-state index contributed by atoms with van der Waals surface area (Å²) < 4.78 is 1.98. The van der Waals surface area contributed by atoms with Crippen molar-refractivity contribution >= 4 is 28.4 Å². The summed E-state index contributed by atoms with van der Waals surface area (Å²) in [6.07, 6.45) is 7.87. The molecule has 1 amide bonds. The van der Waals surface area contributed by atoms with Crippen molar-refractivity contribution < 1.29 is 4.79 Å². The van der Waals surface area contributed by atoms with Crippen LogP contribution in [0.25, 0.3) is 21.9 Å². The van der Waals surface area contributed by atoms with Gasteiger partial charge in [0.15, 0.2) is 5.65 Å². The van der Waals surface area contributed by atoms with Crippen LogP contribution < -0.4 is 5.32 Å². The molecule has 0 aromatic carbocycles. The highest BCUT2D eigenvalue weighted by atomic mass is 32.1. The summed E-state index contributed by atoms with van der Waals surface area (Å²) in [6.45, 7) is 1.40. The number of hydrogen-bond acceptors (Lipinski definition) is 5. The summed E-state index contributed by atoms with van der Waals surface area (Å²) in [7, 11) is 0. The van der Waals surface area contributed by atoms with Crippen molar-refractivity contribution in [3.63, 3.8) is 0 Å². The van der Waals surface area contributed by atoms with Gasteiger partial charge < -0.3 is 14.9 Å². The van der Waals surface area contributed by atoms with E-state index >= 15 is 0 Å². The van der Waals surface area contributed by atoms with E-state index in [1.165, 1.54) is 0 Å². The number of aromatic amines is 1. The minimum absolute atomic E-state index is 0.137. The van der Waals surface area contributed by atoms with E-state index in [1.807, 2.05) is 28.3 Å². The standard InChI is InChI=1S/C17H16N6OS/c24-17(20-5-2-8-23-9-7-18-11-23)12-4-6-19-16-14(12)21-15(22-16)13-3-1-10-25-13/h1,3-4,6-7,9-11H,2,5,8H2,(H,20,24)(H,19,21,22). The second-order valence-corrected chi connectivity index (χ2v) is 6.48. The van der Waals surface area contributed by atoms with E-state index < -0.39 is 0 Å². The zero-order valence-electron chi connectivity index (χ0n) is 13.3. The molecular weight excluding hydrogens is 336 g/mol. The van der Waals surface area contributed by atoms with Gasteiger partial charge in [-0.2, -0.15) is 0 Å². The maximum atomic E-state index is 12.5. The molecular formula is C17H16N6OS. The van der Waals surface area contributed by atoms with Gasteiger partial charge in [0, 0.05) is 31.7 Å². The first-order valence-corrected chi connectivity index (χ1v) is 8.82. The number of hydrogen-bond donors (Lipinski definition) is 2. The van der Waals surface area contributed by atoms with Crippen molar-refractivity contribution in [1.29, 1.82) is 0 Å². The molecule has 0 radical (unpaired) electrons. The zero-order chi connectivity index (χ0) is 17.1. The van der Waals surface area contributed by atoms with Crippen molar-refractivity contribution in [2.75, 3.05) is 6.54 Å². The number of nitrogens with one attached hydrogen (secondary N) is 2. The number of amides is 1. The monoisotopic (exact) mass is 352 g/mol. The van der Waals surface area contributed by atoms with E-state index in [2.05, 4.69) is 25.3 Å². The van der Waals surface area contributed by atoms with Gasteiger partial charge in [-0.15, -0.1) is 11.3 Å². The maximum absolute atomic E-state index is 12.5. The van der Waals surface area contributed by atoms with Crippen LogP contribution in [-0.4, -0.2) is 37.0 Å². The van der Waals surface area contributed by atoms with Gasteiger partial charge in [0.25, 0.3) is 5.91 Å². The number of nitrogens with zero attached hydrogens (tertiary/aromatic N) is 4. The minimum atomic E-state index is -0.137. The molecule has 0 atom stereocenters. The van der Waals surface area contributed by atoms with Crippen molar-refractivity contribution in [2.24, 2.45) is 0 Å². The number of rotatable bonds is 6. The number of carbonyl (C=O) groups excluding carboxylic acids is 1. The summed E-state index contributed by atoms with van der Waals surface area (Å²) in [5, 5.41) is 4.94. The average molecular weight is 352 g/mol. The lowest BCUT2D eigenvalue weighted by Crippen LogP contribution is -2.25. The van der Waals surface area contributed by atoms with Crippen LogP contribution in [0.4, 0.5) is 0 Å². The molecule has 0 aliphatic rings. The molecule has 4 aromatic rings. The fourth-order valence-electron chi connectivity index (χ4n) is 2.60. The quantitative estimate of drug-likeness (QED) is 0.522. The first-order chi connectivity index (χ1) is 12.3. The van der Waals surface area contributed by atoms with Gasteiger partial charge in [-0.05, 0) is 23.9 Å². The number of thiophene rings is 1. The highest BCUT2D eigenvalue weighted by Gasteiger charge is 2.15. The fraction of sp³-hybridized carbons (Fsp3) is 0.176. The molecule has 0 aliphatic heterocycles. The Hall–Kier alpha value is -3.00. The van der Waals surface area contributed by atoms with Gasteiger partial charge in [0.2, 0.25) is 0 Å². The lowest BCUT2D eigenvalue weighted by molar-refractivity contribution is 0.0954. The maximum Gasteiger partial charge on any atom is 0.253 e. The Bertz CT molecular complexity index is 974. The molecule has 0 spiro atoms. The number of fused-ring (bicyclic) bond motifs is 1. The number of carbonyl (C=O) groups is 1. The number of aromatic nitrogens is 5. The van der Waals surface area contributed by atoms with Gasteiger partial charge in [0.05, 0.1) is 16.8 Å². The molecule has 126 valence electrons. The van der Waals surface area contributed by atoms with E-state index in [9.17, 15) is 4.79 Å². The predicted octanol–water partition coefficient (Wildman–Crippen LogP) is 2.70. The van der Waals surface area contributed by atoms with Crippen LogP contribution >= 0.6 is 11.3 Å². The fourth-order valence-corrected chi connectivity index (χ4v) is 3.27. The molecule has 0 aliphatic carbocycles. The predicted molar refractivity (Wildman–Crippen MR) is 96.4 cm³/mol. The molecule has 2 N–H and O–H groups in total. The van der Waals surface area contributed by atoms with E-state index in [0.29, 0.717) is 23.3 Å². The van der Waals surface area contributed by atoms with E-state index in [-0.39, 0.29) is 5.91 Å². The van der Waals surface area contributed by atoms with Crippen LogP contribution in [0.3, 0.4) is 0 Å². The van der Waals surface area contributed by atoms with Crippen LogP contribution in [0.15, 0.2) is 48.5 Å². The Labute approximate surface area is 147 Å². The molecule has 0 unspecified atom stereocenters. The summed E-state index contributed by atoms with van der Waals surface area (Å²) >= 11 is 1.59. The first kappa shape index (κ1) is 15.5. The van der Waals surface area contributed by atoms with Crippen LogP contribution in [0.1, 0.15) is 16.8 Å². The molecule has 0 fully saturated rings. The summed E-state index contributed by atoms with van der Waals surface area (Å²) in [6, 6.07) is 5.65. The topological polar surface area (TPSA) is 88.5 Å². The average Bonchev–Trinajstić information content (AvgIpc) is 3.38. The van der Waals surface area contributed by atoms with Crippen LogP contribution in [0.2, 0.25) is 0 Å². The Balaban J connectivity index is 1.47. The molecule has 0 bridgehead atoms. The Morgan fingerprint density at radius 3 is 3.08 bits per heavy atom. The lowest BCUT2D eigenvalue weighted by Gasteiger charge is -2.06. The third-order valence-corrected chi connectivity index (χ3v) is 4.70. The summed E-state index contributed by atoms with van der Waals surface area (Å²) in [4.78, 5) is 29.5. The number of H-pyrrole nitrogens is 1. The molecule has 25 heavy (non-hydrogen) atoms. The van der Waals surface area contributed by atoms with Crippen LogP contribution in [0.5, 0.6) is 0 Å². The van der Waals surface area contributed by atoms with Crippen LogP contribution in [0, 0.1) is 0 Å². The summed E-state index contributed by atoms with van der Waals surface area (Å²) in [5.74, 6) is 0.597. The van der Waals surface area contributed by atoms with Crippen molar-refractivity contribution in [3.05, 3.63) is 54.1 Å². The van der Waals surface area contributed by atoms with E-state index in [1.54, 1.807) is 36.1 Å². The minimum Gasteiger partial charge on any atom is -0.352 e. The molecule has 8 heteroatoms. The summed E-state index contributed by atoms with van der Waals surface area (Å²) in [5.41, 5.74) is 1.75. The van der Waals surface area contributed by atoms with E-state index in [4.69, 9.17) is 0 Å². The highest BCUT2D eigenvalue weighted by Crippen LogP contribution is 2.25. The third-order valence-electron chi connectivity index (χ3n) is 3.82. The van der Waals surface area contributed by atoms with Crippen molar-refractivity contribution in [3.8, 4) is 10.7 Å². The van der Waals surface area contributed by atoms with Gasteiger partial charge in [-0.1, -0.05) is 6.07 Å². The number of aryl methyl sites for hydroxylation is 1. The molecule has 4 heterocycles. The Morgan fingerprint density at radius 2 is 2.28 bits per heavy atom. The molecule has 7 nitrogen and oxygen atoms in total. The van der Waals surface area contributed by atoms with Gasteiger partial charge in [-0.3, -0.25) is 4.79 Å². The SMILES string of the molecule is O=C(NCCCn1ccnc1)c1ccnc2[nH]c(-c3cccs3)nc12. The highest BCUT2D eigenvalue weighted by molar-refractivity contribution is 7.13. The second kappa shape index (κ2) is 6.86. The molecule has 0 saturated carbocycles. The normalized spacial score (nSPS) is 11.0. The molecule has 0 saturated heterocycles. The Morgan fingerprint density at radius 1 is 1.32 bits per heavy atom. The van der Waals surface area contributed by atoms with Crippen molar-refractivity contribution in [2.45, 2.75) is 13.0 Å². The first-order valence-electron chi connectivity index (χ1n) is 7.94. The molecule has 4 aromatic heterocycles. The lowest BCUT2D eigenvalue weighted by atomic mass is 10.2. The van der Waals surface area contributed by atoms with Gasteiger partial charge in [-0.25, -0.2) is 15.0 Å². The van der Waals surface area contributed by atoms with E-state index in [0.717, 1.165) is 23.7 Å².